The second-order valence-corrected chi connectivity index (χ2v) is 8.14. The van der Waals surface area contributed by atoms with E-state index in [4.69, 9.17) is 12.2 Å². The molecule has 3 nitrogen and oxygen atoms in total. The Balaban J connectivity index is 2.13. The maximum Gasteiger partial charge on any atom is 0.150 e. The Bertz CT molecular complexity index is 327. The highest BCUT2D eigenvalue weighted by Gasteiger charge is 2.27. The van der Waals surface area contributed by atoms with Crippen molar-refractivity contribution in [1.82, 2.24) is 5.32 Å². The highest BCUT2D eigenvalue weighted by molar-refractivity contribution is 8.22. The molecule has 1 aliphatic rings. The van der Waals surface area contributed by atoms with Gasteiger partial charge < -0.3 is 5.32 Å². The van der Waals surface area contributed by atoms with Gasteiger partial charge in [-0.3, -0.25) is 0 Å². The van der Waals surface area contributed by atoms with E-state index in [-0.39, 0.29) is 5.92 Å². The number of thiocarbonyl (C=S) groups is 1. The van der Waals surface area contributed by atoms with Gasteiger partial charge in [0.2, 0.25) is 0 Å². The number of unbranched alkanes of at least 4 members (excludes halogenated alkanes) is 1. The fourth-order valence-electron chi connectivity index (χ4n) is 1.62. The van der Waals surface area contributed by atoms with Gasteiger partial charge in [0.25, 0.3) is 0 Å². The van der Waals surface area contributed by atoms with Crippen LogP contribution in [-0.4, -0.2) is 36.5 Å². The first-order valence-corrected chi connectivity index (χ1v) is 8.86. The van der Waals surface area contributed by atoms with Crippen molar-refractivity contribution in [2.24, 2.45) is 5.92 Å². The molecule has 0 aromatic heterocycles. The third-order valence-electron chi connectivity index (χ3n) is 2.59. The molecule has 1 N–H and O–H groups in total. The Kier molecular flexibility index (Phi) is 6.07. The van der Waals surface area contributed by atoms with Gasteiger partial charge in [-0.15, -0.1) is 0 Å². The predicted octanol–water partition coefficient (Wildman–Crippen LogP) is 1.83. The van der Waals surface area contributed by atoms with Crippen LogP contribution in [0, 0.1) is 5.92 Å². The smallest absolute Gasteiger partial charge is 0.150 e. The van der Waals surface area contributed by atoms with E-state index in [9.17, 15) is 8.42 Å². The number of hydrogen-bond acceptors (Lipinski definition) is 4. The molecule has 0 radical (unpaired) electrons. The molecule has 6 heteroatoms. The van der Waals surface area contributed by atoms with Crippen LogP contribution in [0.15, 0.2) is 0 Å². The zero-order valence-electron chi connectivity index (χ0n) is 9.57. The number of rotatable bonds is 5. The van der Waals surface area contributed by atoms with E-state index in [0.29, 0.717) is 18.1 Å². The summed E-state index contributed by atoms with van der Waals surface area (Å²) in [5.74, 6) is 1.96. The van der Waals surface area contributed by atoms with Gasteiger partial charge >= 0.3 is 0 Å². The quantitative estimate of drug-likeness (QED) is 0.615. The summed E-state index contributed by atoms with van der Waals surface area (Å²) in [7, 11) is -2.75. The van der Waals surface area contributed by atoms with Crippen molar-refractivity contribution in [2.45, 2.75) is 26.2 Å². The van der Waals surface area contributed by atoms with Gasteiger partial charge in [-0.25, -0.2) is 8.42 Å². The van der Waals surface area contributed by atoms with E-state index in [1.165, 1.54) is 12.8 Å². The Morgan fingerprint density at radius 3 is 2.88 bits per heavy atom. The zero-order chi connectivity index (χ0) is 12.0. The normalized spacial score (nSPS) is 23.2. The lowest BCUT2D eigenvalue weighted by Gasteiger charge is -2.10. The Morgan fingerprint density at radius 2 is 2.31 bits per heavy atom. The summed E-state index contributed by atoms with van der Waals surface area (Å²) in [6.07, 6.45) is 3.12. The third kappa shape index (κ3) is 5.50. The molecule has 1 unspecified atom stereocenters. The topological polar surface area (TPSA) is 46.2 Å². The lowest BCUT2D eigenvalue weighted by atomic mass is 10.1. The van der Waals surface area contributed by atoms with E-state index >= 15 is 0 Å². The van der Waals surface area contributed by atoms with Crippen molar-refractivity contribution in [3.63, 3.8) is 0 Å². The Labute approximate surface area is 108 Å². The molecule has 1 rings (SSSR count). The van der Waals surface area contributed by atoms with Crippen LogP contribution >= 0.6 is 24.0 Å². The average Bonchev–Trinajstić information content (AvgIpc) is 2.56. The molecule has 1 aliphatic heterocycles. The van der Waals surface area contributed by atoms with Crippen LogP contribution in [0.3, 0.4) is 0 Å². The molecule has 1 atom stereocenters. The average molecular weight is 281 g/mol. The molecule has 0 spiro atoms. The van der Waals surface area contributed by atoms with E-state index in [0.717, 1.165) is 16.5 Å². The molecule has 0 amide bonds. The number of hydrogen-bond donors (Lipinski definition) is 1. The summed E-state index contributed by atoms with van der Waals surface area (Å²) in [5.41, 5.74) is 0. The number of sulfone groups is 1. The van der Waals surface area contributed by atoms with Gasteiger partial charge in [0.15, 0.2) is 9.84 Å². The minimum absolute atomic E-state index is 0.245. The largest absolute Gasteiger partial charge is 0.371 e. The van der Waals surface area contributed by atoms with Gasteiger partial charge in [0.1, 0.15) is 4.32 Å². The highest BCUT2D eigenvalue weighted by atomic mass is 32.2. The van der Waals surface area contributed by atoms with Crippen LogP contribution in [0.25, 0.3) is 0 Å². The predicted molar refractivity (Wildman–Crippen MR) is 74.7 cm³/mol. The second-order valence-electron chi connectivity index (χ2n) is 4.14. The summed E-state index contributed by atoms with van der Waals surface area (Å²) < 4.78 is 23.3. The number of thioether (sulfide) groups is 1. The van der Waals surface area contributed by atoms with Gasteiger partial charge in [0, 0.05) is 12.3 Å². The maximum atomic E-state index is 11.2. The molecule has 0 aliphatic carbocycles. The lowest BCUT2D eigenvalue weighted by molar-refractivity contribution is 0.575. The lowest BCUT2D eigenvalue weighted by Crippen LogP contribution is -2.26. The summed E-state index contributed by atoms with van der Waals surface area (Å²) in [5, 5.41) is 3.15. The maximum absolute atomic E-state index is 11.2. The Morgan fingerprint density at radius 1 is 1.56 bits per heavy atom. The standard InChI is InChI=1S/C10H19NO2S3/c1-2-3-5-15-10(14)11-7-9-4-6-16(12,13)8-9/h9H,2-8H2,1H3,(H,11,14). The molecule has 1 heterocycles. The first-order valence-electron chi connectivity index (χ1n) is 5.64. The van der Waals surface area contributed by atoms with Crippen molar-refractivity contribution in [2.75, 3.05) is 23.8 Å². The van der Waals surface area contributed by atoms with Crippen LogP contribution in [0.5, 0.6) is 0 Å². The van der Waals surface area contributed by atoms with Gasteiger partial charge in [-0.1, -0.05) is 37.3 Å². The van der Waals surface area contributed by atoms with E-state index < -0.39 is 9.84 Å². The first kappa shape index (κ1) is 14.3. The fourth-order valence-corrected chi connectivity index (χ4v) is 4.62. The van der Waals surface area contributed by atoms with E-state index in [1.54, 1.807) is 11.8 Å². The molecule has 1 saturated heterocycles. The monoisotopic (exact) mass is 281 g/mol. The molecule has 0 aromatic rings. The minimum atomic E-state index is -2.75. The molecule has 0 aromatic carbocycles. The van der Waals surface area contributed by atoms with Crippen LogP contribution in [0.4, 0.5) is 0 Å². The van der Waals surface area contributed by atoms with Crippen molar-refractivity contribution in [3.05, 3.63) is 0 Å². The minimum Gasteiger partial charge on any atom is -0.371 e. The fraction of sp³-hybridized carbons (Fsp3) is 0.900. The molecular weight excluding hydrogens is 262 g/mol. The van der Waals surface area contributed by atoms with Crippen LogP contribution in [-0.2, 0) is 9.84 Å². The second kappa shape index (κ2) is 6.81. The molecule has 0 saturated carbocycles. The Hall–Kier alpha value is 0.190. The third-order valence-corrected chi connectivity index (χ3v) is 5.83. The van der Waals surface area contributed by atoms with Crippen molar-refractivity contribution < 1.29 is 8.42 Å². The highest BCUT2D eigenvalue weighted by Crippen LogP contribution is 2.17. The first-order chi connectivity index (χ1) is 7.53. The van der Waals surface area contributed by atoms with Crippen molar-refractivity contribution >= 4 is 38.1 Å². The van der Waals surface area contributed by atoms with Crippen LogP contribution in [0.2, 0.25) is 0 Å². The molecule has 0 bridgehead atoms. The summed E-state index contributed by atoms with van der Waals surface area (Å²) in [6.45, 7) is 2.86. The van der Waals surface area contributed by atoms with E-state index in [2.05, 4.69) is 12.2 Å². The SMILES string of the molecule is CCCCSC(=S)NCC1CCS(=O)(=O)C1. The summed E-state index contributed by atoms with van der Waals surface area (Å²) in [4.78, 5) is 0. The van der Waals surface area contributed by atoms with Crippen molar-refractivity contribution in [1.29, 1.82) is 0 Å². The van der Waals surface area contributed by atoms with Gasteiger partial charge in [0.05, 0.1) is 11.5 Å². The van der Waals surface area contributed by atoms with Gasteiger partial charge in [-0.05, 0) is 18.8 Å². The van der Waals surface area contributed by atoms with Crippen LogP contribution < -0.4 is 5.32 Å². The summed E-state index contributed by atoms with van der Waals surface area (Å²) in [6, 6.07) is 0. The van der Waals surface area contributed by atoms with Crippen LogP contribution in [0.1, 0.15) is 26.2 Å². The number of nitrogens with one attached hydrogen (secondary N) is 1. The molecule has 16 heavy (non-hydrogen) atoms. The zero-order valence-corrected chi connectivity index (χ0v) is 12.0. The van der Waals surface area contributed by atoms with Crippen molar-refractivity contribution in [3.8, 4) is 0 Å². The molecule has 94 valence electrons. The molecule has 1 fully saturated rings. The summed E-state index contributed by atoms with van der Waals surface area (Å²) >= 11 is 6.82. The molecular formula is C10H19NO2S3. The van der Waals surface area contributed by atoms with E-state index in [1.807, 2.05) is 0 Å². The van der Waals surface area contributed by atoms with Gasteiger partial charge in [-0.2, -0.15) is 0 Å².